The first kappa shape index (κ1) is 16.8. The van der Waals surface area contributed by atoms with Gasteiger partial charge in [-0.3, -0.25) is 9.79 Å². The molecule has 5 nitrogen and oxygen atoms in total. The molecule has 3 N–H and O–H groups in total. The standard InChI is InChI=1S/C15H29N3O2/c1-12(2)9-11-18-15(16)17-10-5-8-14(19)20-13-6-3-4-7-13/h12-13H,3-11H2,1-2H3,(H3,16,17,18). The Kier molecular flexibility index (Phi) is 8.07. The summed E-state index contributed by atoms with van der Waals surface area (Å²) in [6, 6.07) is 0. The van der Waals surface area contributed by atoms with Gasteiger partial charge in [-0.2, -0.15) is 0 Å². The van der Waals surface area contributed by atoms with E-state index in [-0.39, 0.29) is 12.1 Å². The molecule has 1 aliphatic carbocycles. The molecule has 0 heterocycles. The van der Waals surface area contributed by atoms with Crippen LogP contribution in [0.2, 0.25) is 0 Å². The summed E-state index contributed by atoms with van der Waals surface area (Å²) in [5.74, 6) is 1.02. The summed E-state index contributed by atoms with van der Waals surface area (Å²) in [5.41, 5.74) is 5.73. The number of hydrogen-bond acceptors (Lipinski definition) is 3. The van der Waals surface area contributed by atoms with E-state index in [1.165, 1.54) is 12.8 Å². The van der Waals surface area contributed by atoms with Gasteiger partial charge >= 0.3 is 5.97 Å². The van der Waals surface area contributed by atoms with Gasteiger partial charge < -0.3 is 15.8 Å². The van der Waals surface area contributed by atoms with Crippen molar-refractivity contribution in [3.63, 3.8) is 0 Å². The first-order valence-corrected chi connectivity index (χ1v) is 7.81. The monoisotopic (exact) mass is 283 g/mol. The minimum atomic E-state index is -0.0987. The molecule has 116 valence electrons. The molecule has 0 atom stereocenters. The lowest BCUT2D eigenvalue weighted by molar-refractivity contribution is -0.148. The third-order valence-corrected chi connectivity index (χ3v) is 3.45. The first-order valence-electron chi connectivity index (χ1n) is 7.81. The number of esters is 1. The van der Waals surface area contributed by atoms with Crippen LogP contribution in [0, 0.1) is 5.92 Å². The minimum absolute atomic E-state index is 0.0987. The Morgan fingerprint density at radius 3 is 2.75 bits per heavy atom. The molecule has 20 heavy (non-hydrogen) atoms. The smallest absolute Gasteiger partial charge is 0.306 e. The molecular formula is C15H29N3O2. The maximum atomic E-state index is 11.6. The number of nitrogens with zero attached hydrogens (tertiary/aromatic N) is 1. The van der Waals surface area contributed by atoms with Crippen molar-refractivity contribution < 1.29 is 9.53 Å². The molecule has 0 unspecified atom stereocenters. The average molecular weight is 283 g/mol. The maximum Gasteiger partial charge on any atom is 0.306 e. The lowest BCUT2D eigenvalue weighted by Crippen LogP contribution is -2.33. The van der Waals surface area contributed by atoms with Crippen LogP contribution in [0.5, 0.6) is 0 Å². The van der Waals surface area contributed by atoms with Crippen LogP contribution in [-0.4, -0.2) is 31.1 Å². The van der Waals surface area contributed by atoms with Gasteiger partial charge in [0, 0.05) is 19.5 Å². The molecule has 0 saturated heterocycles. The molecule has 5 heteroatoms. The highest BCUT2D eigenvalue weighted by Crippen LogP contribution is 2.21. The number of hydrogen-bond donors (Lipinski definition) is 2. The van der Waals surface area contributed by atoms with Crippen molar-refractivity contribution in [3.8, 4) is 0 Å². The zero-order chi connectivity index (χ0) is 14.8. The van der Waals surface area contributed by atoms with E-state index in [9.17, 15) is 4.79 Å². The van der Waals surface area contributed by atoms with Gasteiger partial charge in [-0.1, -0.05) is 13.8 Å². The van der Waals surface area contributed by atoms with Crippen LogP contribution in [0.4, 0.5) is 0 Å². The van der Waals surface area contributed by atoms with Gasteiger partial charge in [-0.15, -0.1) is 0 Å². The summed E-state index contributed by atoms with van der Waals surface area (Å²) in [6.07, 6.45) is 6.77. The SMILES string of the molecule is CC(C)CCNC(N)=NCCCC(=O)OC1CCCC1. The number of rotatable bonds is 8. The van der Waals surface area contributed by atoms with Crippen LogP contribution in [0.1, 0.15) is 58.8 Å². The Labute approximate surface area is 122 Å². The number of guanidine groups is 1. The number of carbonyl (C=O) groups is 1. The summed E-state index contributed by atoms with van der Waals surface area (Å²) in [7, 11) is 0. The van der Waals surface area contributed by atoms with Crippen molar-refractivity contribution in [2.24, 2.45) is 16.6 Å². The number of nitrogens with two attached hydrogens (primary N) is 1. The molecule has 0 amide bonds. The van der Waals surface area contributed by atoms with Crippen LogP contribution in [-0.2, 0) is 9.53 Å². The predicted molar refractivity (Wildman–Crippen MR) is 81.5 cm³/mol. The predicted octanol–water partition coefficient (Wildman–Crippen LogP) is 2.20. The summed E-state index contributed by atoms with van der Waals surface area (Å²) in [4.78, 5) is 15.8. The van der Waals surface area contributed by atoms with E-state index >= 15 is 0 Å². The van der Waals surface area contributed by atoms with E-state index in [1.54, 1.807) is 0 Å². The van der Waals surface area contributed by atoms with E-state index < -0.39 is 0 Å². The summed E-state index contributed by atoms with van der Waals surface area (Å²) < 4.78 is 5.38. The van der Waals surface area contributed by atoms with Crippen molar-refractivity contribution in [3.05, 3.63) is 0 Å². The molecule has 0 bridgehead atoms. The molecule has 0 aliphatic heterocycles. The van der Waals surface area contributed by atoms with Crippen LogP contribution < -0.4 is 11.1 Å². The van der Waals surface area contributed by atoms with Gasteiger partial charge in [-0.05, 0) is 44.4 Å². The first-order chi connectivity index (χ1) is 9.58. The second kappa shape index (κ2) is 9.61. The van der Waals surface area contributed by atoms with E-state index in [4.69, 9.17) is 10.5 Å². The summed E-state index contributed by atoms with van der Waals surface area (Å²) >= 11 is 0. The maximum absolute atomic E-state index is 11.6. The Morgan fingerprint density at radius 2 is 2.10 bits per heavy atom. The molecule has 1 saturated carbocycles. The number of ether oxygens (including phenoxy) is 1. The largest absolute Gasteiger partial charge is 0.462 e. The molecular weight excluding hydrogens is 254 g/mol. The van der Waals surface area contributed by atoms with Gasteiger partial charge in [-0.25, -0.2) is 0 Å². The number of nitrogens with one attached hydrogen (secondary N) is 1. The topological polar surface area (TPSA) is 76.7 Å². The zero-order valence-corrected chi connectivity index (χ0v) is 12.9. The Morgan fingerprint density at radius 1 is 1.40 bits per heavy atom. The fourth-order valence-electron chi connectivity index (χ4n) is 2.22. The lowest BCUT2D eigenvalue weighted by atomic mass is 10.1. The molecule has 0 aromatic carbocycles. The molecule has 0 aromatic rings. The Hall–Kier alpha value is -1.26. The Bertz CT molecular complexity index is 310. The third kappa shape index (κ3) is 8.02. The highest BCUT2D eigenvalue weighted by Gasteiger charge is 2.18. The minimum Gasteiger partial charge on any atom is -0.462 e. The van der Waals surface area contributed by atoms with E-state index in [0.29, 0.717) is 31.3 Å². The van der Waals surface area contributed by atoms with Crippen molar-refractivity contribution in [2.75, 3.05) is 13.1 Å². The molecule has 1 rings (SSSR count). The van der Waals surface area contributed by atoms with E-state index in [1.807, 2.05) is 0 Å². The van der Waals surface area contributed by atoms with Crippen LogP contribution >= 0.6 is 0 Å². The normalized spacial score (nSPS) is 16.6. The fourth-order valence-corrected chi connectivity index (χ4v) is 2.22. The zero-order valence-electron chi connectivity index (χ0n) is 12.9. The van der Waals surface area contributed by atoms with Crippen molar-refractivity contribution >= 4 is 11.9 Å². The number of carbonyl (C=O) groups excluding carboxylic acids is 1. The van der Waals surface area contributed by atoms with Crippen LogP contribution in [0.3, 0.4) is 0 Å². The fraction of sp³-hybridized carbons (Fsp3) is 0.867. The van der Waals surface area contributed by atoms with Gasteiger partial charge in [0.2, 0.25) is 0 Å². The average Bonchev–Trinajstić information content (AvgIpc) is 2.87. The highest BCUT2D eigenvalue weighted by molar-refractivity contribution is 5.77. The molecule has 0 radical (unpaired) electrons. The Balaban J connectivity index is 2.03. The van der Waals surface area contributed by atoms with Crippen LogP contribution in [0.15, 0.2) is 4.99 Å². The second-order valence-electron chi connectivity index (χ2n) is 5.88. The van der Waals surface area contributed by atoms with Gasteiger partial charge in [0.05, 0.1) is 0 Å². The number of aliphatic imine (C=N–C) groups is 1. The molecule has 0 aromatic heterocycles. The van der Waals surface area contributed by atoms with E-state index in [0.717, 1.165) is 25.8 Å². The van der Waals surface area contributed by atoms with Crippen molar-refractivity contribution in [1.82, 2.24) is 5.32 Å². The van der Waals surface area contributed by atoms with Gasteiger partial charge in [0.15, 0.2) is 5.96 Å². The van der Waals surface area contributed by atoms with E-state index in [2.05, 4.69) is 24.2 Å². The van der Waals surface area contributed by atoms with Crippen molar-refractivity contribution in [1.29, 1.82) is 0 Å². The second-order valence-corrected chi connectivity index (χ2v) is 5.88. The van der Waals surface area contributed by atoms with Crippen LogP contribution in [0.25, 0.3) is 0 Å². The molecule has 0 spiro atoms. The summed E-state index contributed by atoms with van der Waals surface area (Å²) in [5, 5.41) is 3.07. The lowest BCUT2D eigenvalue weighted by Gasteiger charge is -2.10. The molecule has 1 fully saturated rings. The van der Waals surface area contributed by atoms with Gasteiger partial charge in [0.1, 0.15) is 6.10 Å². The highest BCUT2D eigenvalue weighted by atomic mass is 16.5. The van der Waals surface area contributed by atoms with Gasteiger partial charge in [0.25, 0.3) is 0 Å². The van der Waals surface area contributed by atoms with Crippen molar-refractivity contribution in [2.45, 2.75) is 64.9 Å². The third-order valence-electron chi connectivity index (χ3n) is 3.45. The summed E-state index contributed by atoms with van der Waals surface area (Å²) in [6.45, 7) is 5.76. The quantitative estimate of drug-likeness (QED) is 0.310. The molecule has 1 aliphatic rings.